The standard InChI is InChI=1S/C17H26N4O/c1-12(2)21-16-14(10-19-21)8-13(9-18-16)11-20-7-5-6-15(20)17(3,4)22/h8-10,12,15,22H,5-7,11H2,1-4H3. The van der Waals surface area contributed by atoms with Crippen LogP contribution in [0.2, 0.25) is 0 Å². The Bertz CT molecular complexity index is 656. The number of nitrogens with zero attached hydrogens (tertiary/aromatic N) is 4. The van der Waals surface area contributed by atoms with Gasteiger partial charge in [0, 0.05) is 30.2 Å². The predicted octanol–water partition coefficient (Wildman–Crippen LogP) is 2.75. The number of likely N-dealkylation sites (tertiary alicyclic amines) is 1. The third-order valence-corrected chi connectivity index (χ3v) is 4.54. The fourth-order valence-electron chi connectivity index (χ4n) is 3.50. The molecule has 0 amide bonds. The molecule has 2 aromatic heterocycles. The SMILES string of the molecule is CC(C)n1ncc2cc(CN3CCCC3C(C)(C)O)cnc21. The largest absolute Gasteiger partial charge is 0.389 e. The molecule has 0 aromatic carbocycles. The van der Waals surface area contributed by atoms with Crippen LogP contribution in [0.25, 0.3) is 11.0 Å². The molecular weight excluding hydrogens is 276 g/mol. The molecule has 120 valence electrons. The minimum atomic E-state index is -0.656. The van der Waals surface area contributed by atoms with E-state index in [0.717, 1.165) is 37.0 Å². The molecule has 0 saturated carbocycles. The van der Waals surface area contributed by atoms with Crippen LogP contribution in [-0.4, -0.2) is 43.0 Å². The molecule has 0 spiro atoms. The van der Waals surface area contributed by atoms with Crippen LogP contribution in [0.15, 0.2) is 18.5 Å². The fourth-order valence-corrected chi connectivity index (χ4v) is 3.50. The van der Waals surface area contributed by atoms with Crippen LogP contribution >= 0.6 is 0 Å². The molecule has 1 unspecified atom stereocenters. The van der Waals surface area contributed by atoms with Crippen LogP contribution in [-0.2, 0) is 6.54 Å². The highest BCUT2D eigenvalue weighted by atomic mass is 16.3. The average Bonchev–Trinajstić information content (AvgIpc) is 3.03. The van der Waals surface area contributed by atoms with Crippen LogP contribution < -0.4 is 0 Å². The van der Waals surface area contributed by atoms with Gasteiger partial charge in [-0.3, -0.25) is 4.90 Å². The van der Waals surface area contributed by atoms with Gasteiger partial charge in [-0.25, -0.2) is 9.67 Å². The summed E-state index contributed by atoms with van der Waals surface area (Å²) in [6.45, 7) is 9.91. The maximum atomic E-state index is 10.3. The summed E-state index contributed by atoms with van der Waals surface area (Å²) in [5.74, 6) is 0. The van der Waals surface area contributed by atoms with Crippen molar-refractivity contribution in [2.75, 3.05) is 6.54 Å². The van der Waals surface area contributed by atoms with Crippen molar-refractivity contribution < 1.29 is 5.11 Å². The Balaban J connectivity index is 1.82. The van der Waals surface area contributed by atoms with Gasteiger partial charge in [0.15, 0.2) is 5.65 Å². The molecule has 1 N–H and O–H groups in total. The van der Waals surface area contributed by atoms with E-state index in [1.165, 1.54) is 5.56 Å². The summed E-state index contributed by atoms with van der Waals surface area (Å²) in [4.78, 5) is 6.97. The zero-order valence-electron chi connectivity index (χ0n) is 14.0. The number of aliphatic hydroxyl groups is 1. The maximum absolute atomic E-state index is 10.3. The second-order valence-corrected chi connectivity index (χ2v) is 7.22. The molecule has 22 heavy (non-hydrogen) atoms. The van der Waals surface area contributed by atoms with E-state index in [2.05, 4.69) is 34.9 Å². The summed E-state index contributed by atoms with van der Waals surface area (Å²) in [6, 6.07) is 2.71. The van der Waals surface area contributed by atoms with Crippen molar-refractivity contribution in [1.29, 1.82) is 0 Å². The Hall–Kier alpha value is -1.46. The maximum Gasteiger partial charge on any atom is 0.157 e. The summed E-state index contributed by atoms with van der Waals surface area (Å²) in [6.07, 6.45) is 6.05. The first-order valence-corrected chi connectivity index (χ1v) is 8.15. The van der Waals surface area contributed by atoms with Gasteiger partial charge in [-0.05, 0) is 58.7 Å². The number of aromatic nitrogens is 3. The Morgan fingerprint density at radius 2 is 2.14 bits per heavy atom. The molecule has 5 nitrogen and oxygen atoms in total. The Morgan fingerprint density at radius 1 is 1.36 bits per heavy atom. The monoisotopic (exact) mass is 302 g/mol. The van der Waals surface area contributed by atoms with E-state index in [9.17, 15) is 5.11 Å². The first kappa shape index (κ1) is 15.4. The molecular formula is C17H26N4O. The van der Waals surface area contributed by atoms with Crippen molar-refractivity contribution in [3.05, 3.63) is 24.0 Å². The highest BCUT2D eigenvalue weighted by Gasteiger charge is 2.35. The molecule has 5 heteroatoms. The van der Waals surface area contributed by atoms with Gasteiger partial charge in [0.1, 0.15) is 0 Å². The van der Waals surface area contributed by atoms with E-state index in [0.29, 0.717) is 6.04 Å². The first-order valence-electron chi connectivity index (χ1n) is 8.15. The summed E-state index contributed by atoms with van der Waals surface area (Å²) in [5, 5.41) is 15.8. The van der Waals surface area contributed by atoms with Gasteiger partial charge in [-0.2, -0.15) is 5.10 Å². The van der Waals surface area contributed by atoms with Crippen LogP contribution in [0, 0.1) is 0 Å². The van der Waals surface area contributed by atoms with E-state index >= 15 is 0 Å². The smallest absolute Gasteiger partial charge is 0.157 e. The number of rotatable bonds is 4. The summed E-state index contributed by atoms with van der Waals surface area (Å²) in [5.41, 5.74) is 1.47. The van der Waals surface area contributed by atoms with Crippen LogP contribution in [0.3, 0.4) is 0 Å². The first-order chi connectivity index (χ1) is 10.4. The Kier molecular flexibility index (Phi) is 3.95. The second kappa shape index (κ2) is 5.63. The highest BCUT2D eigenvalue weighted by Crippen LogP contribution is 2.28. The van der Waals surface area contributed by atoms with E-state index < -0.39 is 5.60 Å². The topological polar surface area (TPSA) is 54.2 Å². The number of hydrogen-bond donors (Lipinski definition) is 1. The van der Waals surface area contributed by atoms with Gasteiger partial charge in [-0.15, -0.1) is 0 Å². The molecule has 2 aromatic rings. The van der Waals surface area contributed by atoms with Gasteiger partial charge >= 0.3 is 0 Å². The van der Waals surface area contributed by atoms with Crippen molar-refractivity contribution in [3.8, 4) is 0 Å². The molecule has 3 rings (SSSR count). The minimum Gasteiger partial charge on any atom is -0.389 e. The predicted molar refractivity (Wildman–Crippen MR) is 87.6 cm³/mol. The molecule has 0 bridgehead atoms. The normalized spacial score (nSPS) is 20.4. The minimum absolute atomic E-state index is 0.224. The summed E-state index contributed by atoms with van der Waals surface area (Å²) < 4.78 is 1.95. The van der Waals surface area contributed by atoms with Gasteiger partial charge < -0.3 is 5.11 Å². The number of fused-ring (bicyclic) bond motifs is 1. The second-order valence-electron chi connectivity index (χ2n) is 7.22. The molecule has 0 aliphatic carbocycles. The van der Waals surface area contributed by atoms with Crippen LogP contribution in [0.5, 0.6) is 0 Å². The van der Waals surface area contributed by atoms with Crippen molar-refractivity contribution in [1.82, 2.24) is 19.7 Å². The van der Waals surface area contributed by atoms with E-state index in [1.54, 1.807) is 0 Å². The zero-order valence-corrected chi connectivity index (χ0v) is 14.0. The third kappa shape index (κ3) is 2.88. The molecule has 1 atom stereocenters. The lowest BCUT2D eigenvalue weighted by Gasteiger charge is -2.33. The van der Waals surface area contributed by atoms with Crippen molar-refractivity contribution in [3.63, 3.8) is 0 Å². The van der Waals surface area contributed by atoms with Gasteiger partial charge in [0.05, 0.1) is 11.8 Å². The Morgan fingerprint density at radius 3 is 2.82 bits per heavy atom. The zero-order chi connectivity index (χ0) is 15.9. The quantitative estimate of drug-likeness (QED) is 0.943. The van der Waals surface area contributed by atoms with Crippen LogP contribution in [0.1, 0.15) is 52.1 Å². The molecule has 0 radical (unpaired) electrons. The van der Waals surface area contributed by atoms with Crippen molar-refractivity contribution in [2.45, 2.75) is 64.8 Å². The summed E-state index contributed by atoms with van der Waals surface area (Å²) in [7, 11) is 0. The van der Waals surface area contributed by atoms with Crippen LogP contribution in [0.4, 0.5) is 0 Å². The number of hydrogen-bond acceptors (Lipinski definition) is 4. The Labute approximate surface area is 132 Å². The number of pyridine rings is 1. The molecule has 1 aliphatic heterocycles. The molecule has 3 heterocycles. The van der Waals surface area contributed by atoms with E-state index in [4.69, 9.17) is 0 Å². The van der Waals surface area contributed by atoms with Crippen molar-refractivity contribution in [2.24, 2.45) is 0 Å². The average molecular weight is 302 g/mol. The molecule has 1 saturated heterocycles. The molecule has 1 fully saturated rings. The lowest BCUT2D eigenvalue weighted by molar-refractivity contribution is -0.00503. The van der Waals surface area contributed by atoms with Crippen molar-refractivity contribution >= 4 is 11.0 Å². The summed E-state index contributed by atoms with van der Waals surface area (Å²) >= 11 is 0. The third-order valence-electron chi connectivity index (χ3n) is 4.54. The highest BCUT2D eigenvalue weighted by molar-refractivity contribution is 5.75. The van der Waals surface area contributed by atoms with E-state index in [1.807, 2.05) is 30.9 Å². The van der Waals surface area contributed by atoms with E-state index in [-0.39, 0.29) is 6.04 Å². The van der Waals surface area contributed by atoms with Gasteiger partial charge in [0.25, 0.3) is 0 Å². The lowest BCUT2D eigenvalue weighted by Crippen LogP contribution is -2.45. The molecule has 1 aliphatic rings. The van der Waals surface area contributed by atoms with Gasteiger partial charge in [-0.1, -0.05) is 0 Å². The fraction of sp³-hybridized carbons (Fsp3) is 0.647. The lowest BCUT2D eigenvalue weighted by atomic mass is 9.96. The van der Waals surface area contributed by atoms with Gasteiger partial charge in [0.2, 0.25) is 0 Å².